The van der Waals surface area contributed by atoms with Crippen LogP contribution in [0.2, 0.25) is 0 Å². The van der Waals surface area contributed by atoms with Crippen molar-refractivity contribution in [1.82, 2.24) is 46.2 Å². The van der Waals surface area contributed by atoms with Crippen LogP contribution in [0.4, 0.5) is 10.5 Å². The van der Waals surface area contributed by atoms with Crippen LogP contribution in [0.3, 0.4) is 0 Å². The van der Waals surface area contributed by atoms with Crippen molar-refractivity contribution in [2.75, 3.05) is 90.4 Å². The molecule has 4 atom stereocenters. The van der Waals surface area contributed by atoms with Gasteiger partial charge in [0.1, 0.15) is 18.1 Å². The number of amides is 8. The molecule has 5 rings (SSSR count). The van der Waals surface area contributed by atoms with E-state index in [1.165, 1.54) is 0 Å². The normalized spacial score (nSPS) is 18.6. The summed E-state index contributed by atoms with van der Waals surface area (Å²) >= 11 is 5.69. The molecule has 464 valence electrons. The number of fused-ring (bicyclic) bond motifs is 1. The molecule has 1 saturated heterocycles. The van der Waals surface area contributed by atoms with E-state index in [0.717, 1.165) is 40.4 Å². The number of aliphatic carboxylic acids is 3. The molecule has 2 aliphatic rings. The van der Waals surface area contributed by atoms with Crippen molar-refractivity contribution in [1.29, 1.82) is 0 Å². The van der Waals surface area contributed by atoms with E-state index < -0.39 is 84.4 Å². The number of primary amides is 4. The second-order valence-electron chi connectivity index (χ2n) is 21.8. The zero-order valence-corrected chi connectivity index (χ0v) is 48.5. The molecule has 27 nitrogen and oxygen atoms in total. The maximum absolute atomic E-state index is 13.9. The average molecular weight is 1200 g/mol. The van der Waals surface area contributed by atoms with Crippen LogP contribution in [0.25, 0.3) is 10.8 Å². The second kappa shape index (κ2) is 34.7. The van der Waals surface area contributed by atoms with Crippen LogP contribution < -0.4 is 54.8 Å². The fourth-order valence-corrected chi connectivity index (χ4v) is 10.8. The van der Waals surface area contributed by atoms with E-state index in [0.29, 0.717) is 83.2 Å². The number of urea groups is 1. The van der Waals surface area contributed by atoms with Gasteiger partial charge in [0.15, 0.2) is 5.11 Å². The smallest absolute Gasteiger partial charge is 0.326 e. The molecule has 8 amide bonds. The van der Waals surface area contributed by atoms with Crippen LogP contribution in [-0.2, 0) is 56.0 Å². The van der Waals surface area contributed by atoms with Crippen molar-refractivity contribution in [2.24, 2.45) is 34.8 Å². The van der Waals surface area contributed by atoms with E-state index >= 15 is 0 Å². The molecule has 0 radical (unpaired) electrons. The maximum atomic E-state index is 13.9. The van der Waals surface area contributed by atoms with Crippen molar-refractivity contribution in [3.8, 4) is 0 Å². The summed E-state index contributed by atoms with van der Waals surface area (Å²) < 4.78 is 0. The molecule has 3 aromatic rings. The minimum Gasteiger partial charge on any atom is -0.481 e. The van der Waals surface area contributed by atoms with Gasteiger partial charge >= 0.3 is 23.9 Å². The number of carboxylic acids is 3. The van der Waals surface area contributed by atoms with Crippen LogP contribution in [0.15, 0.2) is 66.7 Å². The molecule has 85 heavy (non-hydrogen) atoms. The number of carbonyl (C=O) groups is 10. The molecule has 0 aromatic heterocycles. The van der Waals surface area contributed by atoms with Gasteiger partial charge < -0.3 is 70.2 Å². The Morgan fingerprint density at radius 2 is 1.14 bits per heavy atom. The lowest BCUT2D eigenvalue weighted by Crippen LogP contribution is -2.54. The topological polar surface area (TPSA) is 421 Å². The summed E-state index contributed by atoms with van der Waals surface area (Å²) in [6.07, 6.45) is 2.81. The van der Waals surface area contributed by atoms with Gasteiger partial charge in [0.25, 0.3) is 0 Å². The number of carbonyl (C=O) groups excluding carboxylic acids is 7. The lowest BCUT2D eigenvalue weighted by atomic mass is 9.81. The SMILES string of the molecule is NC(=O)CN1CCN(CC(N)=O)CCN(CC(N)=O)C(Cc2ccc(NC(=S)NC[C@H]3CC[C@H](C(=O)N[C@@H](Cc4ccc5ccccc5c4)C(=O)NCCCC[C@H](NC(=O)N[C@@H](CCC(=O)O)C(=O)O)C(=O)O)CC3)cc2)CN(CC(N)=O)CC1. The summed E-state index contributed by atoms with van der Waals surface area (Å²) in [6.45, 7) is 2.98. The highest BCUT2D eigenvalue weighted by Crippen LogP contribution is 2.29. The summed E-state index contributed by atoms with van der Waals surface area (Å²) in [5, 5.41) is 47.1. The molecule has 17 N–H and O–H groups in total. The fourth-order valence-electron chi connectivity index (χ4n) is 10.6. The third kappa shape index (κ3) is 25.0. The third-order valence-corrected chi connectivity index (χ3v) is 15.3. The monoisotopic (exact) mass is 1200 g/mol. The molecule has 2 fully saturated rings. The van der Waals surface area contributed by atoms with Gasteiger partial charge in [-0.15, -0.1) is 0 Å². The first-order valence-corrected chi connectivity index (χ1v) is 28.9. The van der Waals surface area contributed by atoms with Crippen LogP contribution >= 0.6 is 12.2 Å². The average Bonchev–Trinajstić information content (AvgIpc) is 3.58. The van der Waals surface area contributed by atoms with E-state index in [1.54, 1.807) is 0 Å². The number of benzene rings is 3. The maximum Gasteiger partial charge on any atom is 0.326 e. The van der Waals surface area contributed by atoms with Crippen molar-refractivity contribution >= 4 is 93.2 Å². The van der Waals surface area contributed by atoms with Crippen molar-refractivity contribution in [2.45, 2.75) is 94.8 Å². The first-order valence-electron chi connectivity index (χ1n) is 28.5. The van der Waals surface area contributed by atoms with Gasteiger partial charge in [-0.25, -0.2) is 14.4 Å². The molecule has 28 heteroatoms. The predicted molar refractivity (Wildman–Crippen MR) is 319 cm³/mol. The Morgan fingerprint density at radius 1 is 0.588 bits per heavy atom. The first kappa shape index (κ1) is 67.7. The molecular formula is C57H82N14O13S. The minimum atomic E-state index is -1.55. The number of carboxylic acid groups (broad SMARTS) is 3. The predicted octanol–water partition coefficient (Wildman–Crippen LogP) is -0.909. The first-order chi connectivity index (χ1) is 40.5. The van der Waals surface area contributed by atoms with Crippen molar-refractivity contribution < 1.29 is 63.3 Å². The summed E-state index contributed by atoms with van der Waals surface area (Å²) in [6, 6.07) is 15.9. The number of hydrogen-bond donors (Lipinski definition) is 13. The third-order valence-electron chi connectivity index (χ3n) is 15.1. The van der Waals surface area contributed by atoms with Crippen LogP contribution in [-0.4, -0.2) is 209 Å². The number of hydrogen-bond acceptors (Lipinski definition) is 15. The van der Waals surface area contributed by atoms with E-state index in [4.69, 9.17) is 40.3 Å². The number of nitrogens with zero attached hydrogens (tertiary/aromatic N) is 4. The highest BCUT2D eigenvalue weighted by molar-refractivity contribution is 7.80. The van der Waals surface area contributed by atoms with Crippen LogP contribution in [0, 0.1) is 11.8 Å². The number of thiocarbonyl (C=S) groups is 1. The van der Waals surface area contributed by atoms with Crippen LogP contribution in [0.5, 0.6) is 0 Å². The molecule has 1 unspecified atom stereocenters. The van der Waals surface area contributed by atoms with Gasteiger partial charge in [-0.3, -0.25) is 53.2 Å². The highest BCUT2D eigenvalue weighted by atomic mass is 32.1. The number of rotatable bonds is 30. The van der Waals surface area contributed by atoms with E-state index in [9.17, 15) is 58.2 Å². The summed E-state index contributed by atoms with van der Waals surface area (Å²) in [5.74, 6) is -7.06. The number of anilines is 1. The van der Waals surface area contributed by atoms with Gasteiger partial charge in [0, 0.05) is 89.4 Å². The van der Waals surface area contributed by atoms with Gasteiger partial charge in [0.05, 0.1) is 26.2 Å². The largest absolute Gasteiger partial charge is 0.481 e. The van der Waals surface area contributed by atoms with Crippen molar-refractivity contribution in [3.63, 3.8) is 0 Å². The second-order valence-corrected chi connectivity index (χ2v) is 22.2. The Balaban J connectivity index is 1.13. The number of nitrogens with one attached hydrogen (secondary N) is 6. The van der Waals surface area contributed by atoms with Crippen LogP contribution in [0.1, 0.15) is 68.9 Å². The zero-order valence-electron chi connectivity index (χ0n) is 47.7. The Labute approximate surface area is 498 Å². The van der Waals surface area contributed by atoms with E-state index in [-0.39, 0.29) is 75.8 Å². The van der Waals surface area contributed by atoms with Crippen molar-refractivity contribution in [3.05, 3.63) is 77.9 Å². The zero-order chi connectivity index (χ0) is 62.0. The Hall–Kier alpha value is -8.05. The summed E-state index contributed by atoms with van der Waals surface area (Å²) in [4.78, 5) is 131. The Bertz CT molecular complexity index is 2800. The fraction of sp³-hybridized carbons (Fsp3) is 0.526. The number of unbranched alkanes of at least 4 members (excludes halogenated alkanes) is 1. The molecule has 1 aliphatic carbocycles. The van der Waals surface area contributed by atoms with Gasteiger partial charge in [-0.2, -0.15) is 0 Å². The lowest BCUT2D eigenvalue weighted by Gasteiger charge is -2.38. The molecule has 3 aromatic carbocycles. The summed E-state index contributed by atoms with van der Waals surface area (Å²) in [7, 11) is 0. The summed E-state index contributed by atoms with van der Waals surface area (Å²) in [5.41, 5.74) is 25.1. The molecule has 1 saturated carbocycles. The molecule has 1 heterocycles. The van der Waals surface area contributed by atoms with E-state index in [2.05, 4.69) is 31.9 Å². The molecule has 1 aliphatic heterocycles. The van der Waals surface area contributed by atoms with Gasteiger partial charge in [0.2, 0.25) is 35.4 Å². The standard InChI is InChI=1S/C57H82N14O13S/c58-47(72)32-68-21-22-69(33-48(59)73)25-26-71(35-50(61)75)43(31-70(24-23-68)34-49(60)74)28-36-11-16-42(17-12-36)64-57(85)63-30-37-8-14-40(15-9-37)52(78)65-46(29-38-10-13-39-5-1-2-6-41(39)27-38)53(79)62-20-4-3-7-44(54(80)81)66-56(84)67-45(55(82)83)18-19-51(76)77/h1-2,5-6,10-13,16-17,27,37,40,43-46H,3-4,7-9,14-15,18-26,28-35H2,(H2,58,72)(H2,59,73)(H2,60,74)(H2,61,75)(H,62,79)(H,65,78)(H,76,77)(H,80,81)(H,82,83)(H2,63,64,85)(H2,66,67,84)/t37-,40-,43?,44-,45-,46-/m0/s1. The van der Waals surface area contributed by atoms with Gasteiger partial charge in [-0.1, -0.05) is 54.6 Å². The van der Waals surface area contributed by atoms with E-state index in [1.807, 2.05) is 86.3 Å². The molecule has 0 bridgehead atoms. The Morgan fingerprint density at radius 3 is 1.73 bits per heavy atom. The Kier molecular flexibility index (Phi) is 27.6. The number of nitrogens with two attached hydrogens (primary N) is 4. The lowest BCUT2D eigenvalue weighted by molar-refractivity contribution is -0.141. The minimum absolute atomic E-state index is 0.0270. The quantitative estimate of drug-likeness (QED) is 0.0284. The molecular weight excluding hydrogens is 1120 g/mol. The highest BCUT2D eigenvalue weighted by Gasteiger charge is 2.32. The van der Waals surface area contributed by atoms with Gasteiger partial charge in [-0.05, 0) is 110 Å². The molecule has 0 spiro atoms.